The minimum Gasteiger partial charge on any atom is -0.444 e. The van der Waals surface area contributed by atoms with Gasteiger partial charge < -0.3 is 9.64 Å². The maximum absolute atomic E-state index is 14.4. The maximum Gasteiger partial charge on any atom is 0.410 e. The lowest BCUT2D eigenvalue weighted by atomic mass is 10.1. The summed E-state index contributed by atoms with van der Waals surface area (Å²) in [7, 11) is -3.93. The largest absolute Gasteiger partial charge is 0.444 e. The van der Waals surface area contributed by atoms with Crippen LogP contribution in [0.1, 0.15) is 27.2 Å². The Morgan fingerprint density at radius 2 is 2.00 bits per heavy atom. The summed E-state index contributed by atoms with van der Waals surface area (Å²) in [5.41, 5.74) is -0.617. The number of benzene rings is 1. The van der Waals surface area contributed by atoms with Crippen molar-refractivity contribution in [3.8, 4) is 0 Å². The molecule has 0 radical (unpaired) electrons. The van der Waals surface area contributed by atoms with Crippen LogP contribution in [0.4, 0.5) is 9.18 Å². The molecule has 0 saturated carbocycles. The predicted molar refractivity (Wildman–Crippen MR) is 105 cm³/mol. The molecule has 0 bridgehead atoms. The van der Waals surface area contributed by atoms with E-state index >= 15 is 0 Å². The van der Waals surface area contributed by atoms with Crippen molar-refractivity contribution in [1.29, 1.82) is 0 Å². The normalized spacial score (nSPS) is 22.8. The molecule has 2 aliphatic rings. The van der Waals surface area contributed by atoms with Gasteiger partial charge in [-0.1, -0.05) is 12.1 Å². The first-order valence-electron chi connectivity index (χ1n) is 9.60. The molecule has 2 unspecified atom stereocenters. The molecule has 9 heteroatoms. The number of amides is 1. The van der Waals surface area contributed by atoms with E-state index in [1.54, 1.807) is 37.8 Å². The second-order valence-electron chi connectivity index (χ2n) is 8.59. The fourth-order valence-corrected chi connectivity index (χ4v) is 5.92. The Kier molecular flexibility index (Phi) is 4.77. The summed E-state index contributed by atoms with van der Waals surface area (Å²) in [4.78, 5) is 17.9. The van der Waals surface area contributed by atoms with Gasteiger partial charge in [-0.15, -0.1) is 0 Å². The highest BCUT2D eigenvalue weighted by atomic mass is 32.2. The molecule has 0 aliphatic carbocycles. The molecule has 2 atom stereocenters. The van der Waals surface area contributed by atoms with Crippen molar-refractivity contribution in [2.45, 2.75) is 43.7 Å². The predicted octanol–water partition coefficient (Wildman–Crippen LogP) is 3.00. The molecule has 2 fully saturated rings. The summed E-state index contributed by atoms with van der Waals surface area (Å²) in [5, 5.41) is 0.476. The van der Waals surface area contributed by atoms with E-state index in [1.165, 1.54) is 16.6 Å². The van der Waals surface area contributed by atoms with Crippen LogP contribution in [-0.2, 0) is 14.8 Å². The molecule has 4 rings (SSSR count). The van der Waals surface area contributed by atoms with Gasteiger partial charge in [-0.3, -0.25) is 4.98 Å². The number of aromatic nitrogens is 1. The summed E-state index contributed by atoms with van der Waals surface area (Å²) < 4.78 is 47.9. The minimum atomic E-state index is -3.93. The summed E-state index contributed by atoms with van der Waals surface area (Å²) in [6, 6.07) is 4.40. The van der Waals surface area contributed by atoms with Crippen LogP contribution in [0.2, 0.25) is 0 Å². The smallest absolute Gasteiger partial charge is 0.410 e. The highest BCUT2D eigenvalue weighted by Gasteiger charge is 2.48. The van der Waals surface area contributed by atoms with Crippen LogP contribution < -0.4 is 0 Å². The van der Waals surface area contributed by atoms with Crippen LogP contribution in [0.5, 0.6) is 0 Å². The van der Waals surface area contributed by atoms with Crippen LogP contribution in [0, 0.1) is 11.7 Å². The third-order valence-electron chi connectivity index (χ3n) is 5.46. The van der Waals surface area contributed by atoms with Gasteiger partial charge in [-0.25, -0.2) is 17.6 Å². The third-order valence-corrected chi connectivity index (χ3v) is 7.33. The Balaban J connectivity index is 1.62. The zero-order valence-electron chi connectivity index (χ0n) is 16.6. The van der Waals surface area contributed by atoms with Crippen molar-refractivity contribution in [3.63, 3.8) is 0 Å². The van der Waals surface area contributed by atoms with Crippen molar-refractivity contribution in [2.75, 3.05) is 19.6 Å². The second-order valence-corrected chi connectivity index (χ2v) is 10.5. The lowest BCUT2D eigenvalue weighted by Crippen LogP contribution is -2.43. The molecule has 0 N–H and O–H groups in total. The molecule has 156 valence electrons. The second kappa shape index (κ2) is 6.91. The summed E-state index contributed by atoms with van der Waals surface area (Å²) in [5.74, 6) is -0.629. The van der Waals surface area contributed by atoms with Crippen LogP contribution in [-0.4, -0.2) is 60.0 Å². The van der Waals surface area contributed by atoms with Gasteiger partial charge >= 0.3 is 6.09 Å². The molecular formula is C20H24FN3O4S. The molecule has 7 nitrogen and oxygen atoms in total. The van der Waals surface area contributed by atoms with E-state index in [0.717, 1.165) is 6.20 Å². The van der Waals surface area contributed by atoms with E-state index in [4.69, 9.17) is 4.74 Å². The van der Waals surface area contributed by atoms with E-state index in [9.17, 15) is 17.6 Å². The number of carbonyl (C=O) groups is 1. The summed E-state index contributed by atoms with van der Waals surface area (Å²) in [6.07, 6.45) is 2.75. The molecule has 1 amide bonds. The molecule has 1 aromatic carbocycles. The van der Waals surface area contributed by atoms with Gasteiger partial charge in [0, 0.05) is 36.6 Å². The number of pyridine rings is 1. The van der Waals surface area contributed by atoms with Crippen LogP contribution >= 0.6 is 0 Å². The number of halogens is 1. The topological polar surface area (TPSA) is 79.8 Å². The van der Waals surface area contributed by atoms with Gasteiger partial charge in [0.25, 0.3) is 0 Å². The Labute approximate surface area is 169 Å². The number of likely N-dealkylation sites (tertiary alicyclic amines) is 1. The lowest BCUT2D eigenvalue weighted by Gasteiger charge is -2.28. The molecular weight excluding hydrogens is 397 g/mol. The van der Waals surface area contributed by atoms with Crippen molar-refractivity contribution in [1.82, 2.24) is 14.2 Å². The zero-order valence-corrected chi connectivity index (χ0v) is 17.4. The first kappa shape index (κ1) is 20.0. The minimum absolute atomic E-state index is 0.0405. The molecule has 0 spiro atoms. The quantitative estimate of drug-likeness (QED) is 0.745. The highest BCUT2D eigenvalue weighted by Crippen LogP contribution is 2.36. The van der Waals surface area contributed by atoms with Crippen LogP contribution in [0.15, 0.2) is 35.5 Å². The van der Waals surface area contributed by atoms with E-state index < -0.39 is 27.5 Å². The number of carbonyl (C=O) groups excluding carboxylic acids is 1. The van der Waals surface area contributed by atoms with Gasteiger partial charge in [0.05, 0.1) is 17.1 Å². The maximum atomic E-state index is 14.4. The number of hydrogen-bond acceptors (Lipinski definition) is 5. The first-order valence-corrected chi connectivity index (χ1v) is 11.0. The lowest BCUT2D eigenvalue weighted by molar-refractivity contribution is 0.0223. The monoisotopic (exact) mass is 421 g/mol. The number of nitrogens with zero attached hydrogens (tertiary/aromatic N) is 3. The average molecular weight is 421 g/mol. The number of fused-ring (bicyclic) bond motifs is 2. The van der Waals surface area contributed by atoms with Crippen molar-refractivity contribution < 1.29 is 22.3 Å². The van der Waals surface area contributed by atoms with Gasteiger partial charge in [-0.05, 0) is 39.2 Å². The summed E-state index contributed by atoms with van der Waals surface area (Å²) >= 11 is 0. The van der Waals surface area contributed by atoms with Crippen LogP contribution in [0.3, 0.4) is 0 Å². The molecule has 3 heterocycles. The Hall–Kier alpha value is -2.26. The van der Waals surface area contributed by atoms with Crippen LogP contribution in [0.25, 0.3) is 10.8 Å². The van der Waals surface area contributed by atoms with Gasteiger partial charge in [0.15, 0.2) is 5.82 Å². The molecule has 1 aromatic heterocycles. The number of ether oxygens (including phenoxy) is 1. The van der Waals surface area contributed by atoms with Gasteiger partial charge in [-0.2, -0.15) is 4.31 Å². The highest BCUT2D eigenvalue weighted by molar-refractivity contribution is 7.89. The molecule has 2 aliphatic heterocycles. The molecule has 2 saturated heterocycles. The van der Waals surface area contributed by atoms with Gasteiger partial charge in [0.2, 0.25) is 10.0 Å². The fourth-order valence-electron chi connectivity index (χ4n) is 4.18. The number of sulfonamides is 1. The SMILES string of the molecule is CC(C)(C)OC(=O)N1CCC2CN(S(=O)(=O)c3cccc4cncc(F)c34)CC21. The first-order chi connectivity index (χ1) is 13.6. The standard InChI is InChI=1S/C20H24FN3O4S/c1-20(2,3)28-19(25)24-8-7-14-11-23(12-16(14)24)29(26,27)17-6-4-5-13-9-22-10-15(21)18(13)17/h4-6,9-10,14,16H,7-8,11-12H2,1-3H3. The number of rotatable bonds is 2. The zero-order chi connectivity index (χ0) is 21.0. The average Bonchev–Trinajstić information content (AvgIpc) is 3.21. The van der Waals surface area contributed by atoms with Crippen molar-refractivity contribution >= 4 is 26.9 Å². The fraction of sp³-hybridized carbons (Fsp3) is 0.500. The van der Waals surface area contributed by atoms with E-state index in [2.05, 4.69) is 4.98 Å². The van der Waals surface area contributed by atoms with Gasteiger partial charge in [0.1, 0.15) is 5.60 Å². The van der Waals surface area contributed by atoms with E-state index in [-0.39, 0.29) is 28.8 Å². The van der Waals surface area contributed by atoms with Crippen molar-refractivity contribution in [2.24, 2.45) is 5.92 Å². The third kappa shape index (κ3) is 3.57. The Morgan fingerprint density at radius 1 is 1.24 bits per heavy atom. The van der Waals surface area contributed by atoms with E-state index in [1.807, 2.05) is 0 Å². The number of hydrogen-bond donors (Lipinski definition) is 0. The molecule has 29 heavy (non-hydrogen) atoms. The molecule has 2 aromatic rings. The van der Waals surface area contributed by atoms with E-state index in [0.29, 0.717) is 24.9 Å². The Morgan fingerprint density at radius 3 is 2.72 bits per heavy atom. The Bertz CT molecular complexity index is 1060. The summed E-state index contributed by atoms with van der Waals surface area (Å²) in [6.45, 7) is 6.42. The van der Waals surface area contributed by atoms with Crippen molar-refractivity contribution in [3.05, 3.63) is 36.4 Å².